The van der Waals surface area contributed by atoms with Crippen LogP contribution in [0.2, 0.25) is 0 Å². The number of hydrogen-bond donors (Lipinski definition) is 0. The Labute approximate surface area is 402 Å². The van der Waals surface area contributed by atoms with E-state index in [0.717, 1.165) is 96.3 Å². The maximum Gasteiger partial charge on any atom is 0.306 e. The molecule has 0 heterocycles. The first kappa shape index (κ1) is 61.9. The van der Waals surface area contributed by atoms with Crippen molar-refractivity contribution in [2.24, 2.45) is 0 Å². The van der Waals surface area contributed by atoms with Crippen molar-refractivity contribution in [3.63, 3.8) is 0 Å². The molecule has 0 fully saturated rings. The van der Waals surface area contributed by atoms with E-state index >= 15 is 0 Å². The maximum atomic E-state index is 12.8. The summed E-state index contributed by atoms with van der Waals surface area (Å²) in [5, 5.41) is 0. The van der Waals surface area contributed by atoms with Crippen LogP contribution in [-0.2, 0) is 28.6 Å². The highest BCUT2D eigenvalue weighted by atomic mass is 16.6. The van der Waals surface area contributed by atoms with E-state index in [4.69, 9.17) is 14.2 Å². The lowest BCUT2D eigenvalue weighted by molar-refractivity contribution is -0.167. The Hall–Kier alpha value is -3.15. The lowest BCUT2D eigenvalue weighted by Gasteiger charge is -2.18. The number of allylic oxidation sites excluding steroid dienone is 12. The smallest absolute Gasteiger partial charge is 0.306 e. The number of rotatable bonds is 49. The minimum atomic E-state index is -0.798. The van der Waals surface area contributed by atoms with E-state index in [2.05, 4.69) is 93.7 Å². The van der Waals surface area contributed by atoms with Gasteiger partial charge in [-0.15, -0.1) is 0 Å². The maximum absolute atomic E-state index is 12.8. The lowest BCUT2D eigenvalue weighted by Crippen LogP contribution is -2.30. The zero-order chi connectivity index (χ0) is 47.2. The third-order valence-corrected chi connectivity index (χ3v) is 11.7. The second-order valence-electron chi connectivity index (χ2n) is 18.1. The van der Waals surface area contributed by atoms with Crippen molar-refractivity contribution >= 4 is 17.9 Å². The minimum absolute atomic E-state index is 0.0948. The molecule has 0 saturated carbocycles. The number of hydrogen-bond acceptors (Lipinski definition) is 6. The third-order valence-electron chi connectivity index (χ3n) is 11.7. The van der Waals surface area contributed by atoms with E-state index in [0.29, 0.717) is 19.3 Å². The molecule has 0 bridgehead atoms. The van der Waals surface area contributed by atoms with Crippen molar-refractivity contribution in [2.75, 3.05) is 13.2 Å². The van der Waals surface area contributed by atoms with E-state index in [1.807, 2.05) is 0 Å². The molecule has 0 radical (unpaired) electrons. The molecule has 0 spiro atoms. The molecule has 374 valence electrons. The van der Waals surface area contributed by atoms with E-state index in [1.54, 1.807) is 0 Å². The van der Waals surface area contributed by atoms with E-state index in [1.165, 1.54) is 128 Å². The highest BCUT2D eigenvalue weighted by Gasteiger charge is 2.19. The molecule has 1 atom stereocenters. The first-order valence-corrected chi connectivity index (χ1v) is 27.4. The van der Waals surface area contributed by atoms with Crippen LogP contribution >= 0.6 is 0 Å². The zero-order valence-corrected chi connectivity index (χ0v) is 42.7. The van der Waals surface area contributed by atoms with Gasteiger partial charge < -0.3 is 14.2 Å². The summed E-state index contributed by atoms with van der Waals surface area (Å²) >= 11 is 0. The number of carbonyl (C=O) groups is 3. The fourth-order valence-corrected chi connectivity index (χ4v) is 7.47. The van der Waals surface area contributed by atoms with Gasteiger partial charge in [-0.1, -0.05) is 203 Å². The van der Waals surface area contributed by atoms with Crippen molar-refractivity contribution in [3.8, 4) is 0 Å². The van der Waals surface area contributed by atoms with E-state index in [-0.39, 0.29) is 31.1 Å². The van der Waals surface area contributed by atoms with Crippen molar-refractivity contribution in [1.29, 1.82) is 0 Å². The van der Waals surface area contributed by atoms with E-state index in [9.17, 15) is 14.4 Å². The van der Waals surface area contributed by atoms with Gasteiger partial charge in [0.2, 0.25) is 0 Å². The summed E-state index contributed by atoms with van der Waals surface area (Å²) in [5.74, 6) is -0.946. The van der Waals surface area contributed by atoms with Crippen LogP contribution in [0.15, 0.2) is 72.9 Å². The molecule has 0 aliphatic heterocycles. The molecule has 0 amide bonds. The quantitative estimate of drug-likeness (QED) is 0.0262. The van der Waals surface area contributed by atoms with Crippen LogP contribution in [-0.4, -0.2) is 37.2 Å². The molecule has 0 aliphatic rings. The molecule has 6 heteroatoms. The van der Waals surface area contributed by atoms with Gasteiger partial charge in [0.15, 0.2) is 6.10 Å². The van der Waals surface area contributed by atoms with Crippen LogP contribution in [0.25, 0.3) is 0 Å². The second-order valence-corrected chi connectivity index (χ2v) is 18.1. The Bertz CT molecular complexity index is 1230. The fraction of sp³-hybridized carbons (Fsp3) is 0.746. The molecule has 0 unspecified atom stereocenters. The Morgan fingerprint density at radius 1 is 0.308 bits per heavy atom. The van der Waals surface area contributed by atoms with Gasteiger partial charge in [0.1, 0.15) is 13.2 Å². The van der Waals surface area contributed by atoms with Crippen molar-refractivity contribution < 1.29 is 28.6 Å². The molecule has 0 aromatic heterocycles. The van der Waals surface area contributed by atoms with Crippen LogP contribution < -0.4 is 0 Å². The van der Waals surface area contributed by atoms with Gasteiger partial charge in [-0.3, -0.25) is 14.4 Å². The molecular formula is C59H102O6. The summed E-state index contributed by atoms with van der Waals surface area (Å²) in [6.07, 6.45) is 67.4. The van der Waals surface area contributed by atoms with E-state index < -0.39 is 6.10 Å². The number of carbonyl (C=O) groups excluding carboxylic acids is 3. The van der Waals surface area contributed by atoms with Gasteiger partial charge in [0.25, 0.3) is 0 Å². The van der Waals surface area contributed by atoms with Crippen molar-refractivity contribution in [3.05, 3.63) is 72.9 Å². The highest BCUT2D eigenvalue weighted by molar-refractivity contribution is 5.71. The minimum Gasteiger partial charge on any atom is -0.462 e. The normalized spacial score (nSPS) is 12.6. The largest absolute Gasteiger partial charge is 0.462 e. The van der Waals surface area contributed by atoms with Crippen molar-refractivity contribution in [2.45, 2.75) is 271 Å². The second kappa shape index (κ2) is 53.5. The predicted octanol–water partition coefficient (Wildman–Crippen LogP) is 18.2. The third kappa shape index (κ3) is 51.7. The number of unbranched alkanes of at least 4 members (excludes halogenated alkanes) is 26. The summed E-state index contributed by atoms with van der Waals surface area (Å²) in [6.45, 7) is 6.54. The van der Waals surface area contributed by atoms with Gasteiger partial charge >= 0.3 is 17.9 Å². The molecular weight excluding hydrogens is 805 g/mol. The molecule has 6 nitrogen and oxygen atoms in total. The van der Waals surface area contributed by atoms with Crippen LogP contribution in [0.5, 0.6) is 0 Å². The van der Waals surface area contributed by atoms with Gasteiger partial charge in [0.05, 0.1) is 0 Å². The van der Waals surface area contributed by atoms with Crippen LogP contribution in [0, 0.1) is 0 Å². The summed E-state index contributed by atoms with van der Waals surface area (Å²) in [6, 6.07) is 0. The summed E-state index contributed by atoms with van der Waals surface area (Å²) in [4.78, 5) is 38.1. The number of esters is 3. The topological polar surface area (TPSA) is 78.9 Å². The molecule has 0 N–H and O–H groups in total. The highest BCUT2D eigenvalue weighted by Crippen LogP contribution is 2.14. The van der Waals surface area contributed by atoms with Crippen LogP contribution in [0.1, 0.15) is 265 Å². The van der Waals surface area contributed by atoms with Crippen LogP contribution in [0.4, 0.5) is 0 Å². The first-order chi connectivity index (χ1) is 32.0. The zero-order valence-electron chi connectivity index (χ0n) is 42.7. The standard InChI is InChI=1S/C59H102O6/c1-4-7-10-13-16-19-22-25-28-29-32-34-37-40-43-46-49-52-58(61)64-55-56(65-59(62)53-50-47-44-41-38-35-31-27-24-21-18-15-12-9-6-3)54-63-57(60)51-48-45-42-39-36-33-30-26-23-20-17-14-11-8-5-2/h16-17,19-20,25-28,30-31,36,39,56H,4-15,18,21-24,29,32-35,37-38,40-55H2,1-3H3/b19-16-,20-17-,28-25-,30-26-,31-27-,39-36-/t56-/m0/s1. The average molecular weight is 907 g/mol. The Morgan fingerprint density at radius 3 is 0.938 bits per heavy atom. The molecule has 0 aliphatic carbocycles. The summed E-state index contributed by atoms with van der Waals surface area (Å²) in [5.41, 5.74) is 0. The monoisotopic (exact) mass is 907 g/mol. The lowest BCUT2D eigenvalue weighted by atomic mass is 10.1. The molecule has 0 rings (SSSR count). The van der Waals surface area contributed by atoms with Gasteiger partial charge in [-0.25, -0.2) is 0 Å². The van der Waals surface area contributed by atoms with Gasteiger partial charge in [-0.2, -0.15) is 0 Å². The first-order valence-electron chi connectivity index (χ1n) is 27.4. The van der Waals surface area contributed by atoms with Gasteiger partial charge in [-0.05, 0) is 116 Å². The van der Waals surface area contributed by atoms with Crippen molar-refractivity contribution in [1.82, 2.24) is 0 Å². The Balaban J connectivity index is 4.46. The average Bonchev–Trinajstić information content (AvgIpc) is 3.30. The summed E-state index contributed by atoms with van der Waals surface area (Å²) in [7, 11) is 0. The molecule has 0 saturated heterocycles. The summed E-state index contributed by atoms with van der Waals surface area (Å²) < 4.78 is 16.8. The van der Waals surface area contributed by atoms with Crippen LogP contribution in [0.3, 0.4) is 0 Å². The number of ether oxygens (including phenoxy) is 3. The molecule has 65 heavy (non-hydrogen) atoms. The SMILES string of the molecule is CCCCC/C=C\C/C=C\C/C=C\CCCCC(=O)OC[C@@H](COC(=O)CCCCCCCCC/C=C\C/C=C\CCCCC)OC(=O)CCCCCCC/C=C\CCCCCCCC. The molecule has 0 aromatic carbocycles. The fourth-order valence-electron chi connectivity index (χ4n) is 7.47. The Morgan fingerprint density at radius 2 is 0.554 bits per heavy atom. The predicted molar refractivity (Wildman–Crippen MR) is 279 cm³/mol. The molecule has 0 aromatic rings. The Kier molecular flexibility index (Phi) is 50.9. The van der Waals surface area contributed by atoms with Gasteiger partial charge in [0, 0.05) is 19.3 Å².